The van der Waals surface area contributed by atoms with Crippen LogP contribution in [0.5, 0.6) is 17.2 Å². The van der Waals surface area contributed by atoms with Gasteiger partial charge in [-0.2, -0.15) is 0 Å². The summed E-state index contributed by atoms with van der Waals surface area (Å²) in [5, 5.41) is 0. The number of nitrogens with zero attached hydrogens (tertiary/aromatic N) is 1. The topological polar surface area (TPSA) is 40.2 Å². The average Bonchev–Trinajstić information content (AvgIpc) is 3.17. The molecule has 2 aliphatic rings. The monoisotopic (exact) mass is 307 g/mol. The van der Waals surface area contributed by atoms with Crippen molar-refractivity contribution in [2.45, 2.75) is 19.4 Å². The molecule has 2 saturated heterocycles. The van der Waals surface area contributed by atoms with E-state index in [4.69, 9.17) is 18.9 Å². The van der Waals surface area contributed by atoms with Gasteiger partial charge >= 0.3 is 0 Å². The highest BCUT2D eigenvalue weighted by atomic mass is 16.5. The molecule has 0 bridgehead atoms. The minimum absolute atomic E-state index is 0.379. The van der Waals surface area contributed by atoms with Gasteiger partial charge in [-0.1, -0.05) is 0 Å². The number of hydrogen-bond donors (Lipinski definition) is 0. The Kier molecular flexibility index (Phi) is 4.45. The molecule has 0 N–H and O–H groups in total. The molecule has 5 nitrogen and oxygen atoms in total. The van der Waals surface area contributed by atoms with E-state index in [1.165, 1.54) is 12.8 Å². The third-order valence-electron chi connectivity index (χ3n) is 4.88. The van der Waals surface area contributed by atoms with Gasteiger partial charge in [-0.3, -0.25) is 4.90 Å². The molecule has 3 rings (SSSR count). The highest BCUT2D eigenvalue weighted by Crippen LogP contribution is 2.40. The van der Waals surface area contributed by atoms with Crippen LogP contribution in [-0.4, -0.2) is 52.5 Å². The SMILES string of the molecule is COc1cc(OC)c(OC)cc1CN1CC[C@]2(CCOC2)C1. The highest BCUT2D eigenvalue weighted by molar-refractivity contribution is 5.50. The van der Waals surface area contributed by atoms with Crippen molar-refractivity contribution in [3.63, 3.8) is 0 Å². The van der Waals surface area contributed by atoms with Crippen LogP contribution >= 0.6 is 0 Å². The van der Waals surface area contributed by atoms with Gasteiger partial charge in [0.05, 0.1) is 27.9 Å². The number of benzene rings is 1. The van der Waals surface area contributed by atoms with Crippen LogP contribution in [0.2, 0.25) is 0 Å². The maximum Gasteiger partial charge on any atom is 0.164 e. The Labute approximate surface area is 132 Å². The fourth-order valence-corrected chi connectivity index (χ4v) is 3.59. The minimum Gasteiger partial charge on any atom is -0.496 e. The lowest BCUT2D eigenvalue weighted by Crippen LogP contribution is -2.27. The first-order valence-corrected chi connectivity index (χ1v) is 7.79. The van der Waals surface area contributed by atoms with Crippen molar-refractivity contribution in [2.75, 3.05) is 47.6 Å². The fraction of sp³-hybridized carbons (Fsp3) is 0.647. The maximum absolute atomic E-state index is 5.60. The standard InChI is InChI=1S/C17H25NO4/c1-19-14-9-16(21-3)15(20-2)8-13(14)10-18-6-4-17(11-18)5-7-22-12-17/h8-9H,4-7,10-12H2,1-3H3/t17-/m0/s1. The maximum atomic E-state index is 5.60. The first-order chi connectivity index (χ1) is 10.7. The van der Waals surface area contributed by atoms with Gasteiger partial charge < -0.3 is 18.9 Å². The van der Waals surface area contributed by atoms with Crippen molar-refractivity contribution in [1.29, 1.82) is 0 Å². The van der Waals surface area contributed by atoms with E-state index in [1.807, 2.05) is 12.1 Å². The van der Waals surface area contributed by atoms with Gasteiger partial charge in [0.15, 0.2) is 11.5 Å². The number of likely N-dealkylation sites (tertiary alicyclic amines) is 1. The Bertz CT molecular complexity index is 526. The molecule has 0 saturated carbocycles. The molecular formula is C17H25NO4. The molecule has 1 aromatic carbocycles. The van der Waals surface area contributed by atoms with Crippen LogP contribution in [0.4, 0.5) is 0 Å². The predicted molar refractivity (Wildman–Crippen MR) is 83.9 cm³/mol. The van der Waals surface area contributed by atoms with Gasteiger partial charge in [-0.05, 0) is 25.5 Å². The summed E-state index contributed by atoms with van der Waals surface area (Å²) in [4.78, 5) is 2.48. The number of methoxy groups -OCH3 is 3. The summed E-state index contributed by atoms with van der Waals surface area (Å²) in [5.74, 6) is 2.29. The second-order valence-electron chi connectivity index (χ2n) is 6.28. The molecule has 2 aliphatic heterocycles. The largest absolute Gasteiger partial charge is 0.496 e. The molecule has 1 aromatic rings. The van der Waals surface area contributed by atoms with Crippen LogP contribution in [0.3, 0.4) is 0 Å². The van der Waals surface area contributed by atoms with Crippen LogP contribution in [0.1, 0.15) is 18.4 Å². The predicted octanol–water partition coefficient (Wildman–Crippen LogP) is 2.32. The van der Waals surface area contributed by atoms with Crippen LogP contribution in [0.25, 0.3) is 0 Å². The summed E-state index contributed by atoms with van der Waals surface area (Å²) in [6.45, 7) is 4.90. The molecule has 1 spiro atoms. The molecule has 5 heteroatoms. The highest BCUT2D eigenvalue weighted by Gasteiger charge is 2.41. The van der Waals surface area contributed by atoms with E-state index in [-0.39, 0.29) is 0 Å². The van der Waals surface area contributed by atoms with Gasteiger partial charge in [0.1, 0.15) is 5.75 Å². The summed E-state index contributed by atoms with van der Waals surface area (Å²) in [6, 6.07) is 3.92. The zero-order valence-corrected chi connectivity index (χ0v) is 13.7. The molecule has 122 valence electrons. The van der Waals surface area contributed by atoms with Crippen LogP contribution in [0.15, 0.2) is 12.1 Å². The van der Waals surface area contributed by atoms with Crippen molar-refractivity contribution < 1.29 is 18.9 Å². The molecule has 0 unspecified atom stereocenters. The molecule has 0 aliphatic carbocycles. The normalized spacial score (nSPS) is 24.9. The van der Waals surface area contributed by atoms with Gasteiger partial charge in [-0.25, -0.2) is 0 Å². The number of rotatable bonds is 5. The summed E-state index contributed by atoms with van der Waals surface area (Å²) < 4.78 is 21.9. The molecule has 1 atom stereocenters. The van der Waals surface area contributed by atoms with Crippen molar-refractivity contribution >= 4 is 0 Å². The van der Waals surface area contributed by atoms with E-state index in [0.29, 0.717) is 11.2 Å². The Morgan fingerprint density at radius 1 is 1.05 bits per heavy atom. The third-order valence-corrected chi connectivity index (χ3v) is 4.88. The van der Waals surface area contributed by atoms with E-state index >= 15 is 0 Å². The fourth-order valence-electron chi connectivity index (χ4n) is 3.59. The van der Waals surface area contributed by atoms with E-state index in [1.54, 1.807) is 21.3 Å². The lowest BCUT2D eigenvalue weighted by molar-refractivity contribution is 0.151. The second kappa shape index (κ2) is 6.34. The van der Waals surface area contributed by atoms with Crippen molar-refractivity contribution in [1.82, 2.24) is 4.90 Å². The minimum atomic E-state index is 0.379. The Hall–Kier alpha value is -1.46. The van der Waals surface area contributed by atoms with E-state index in [2.05, 4.69) is 4.90 Å². The molecule has 2 heterocycles. The Morgan fingerprint density at radius 3 is 2.41 bits per heavy atom. The zero-order chi connectivity index (χ0) is 15.6. The summed E-state index contributed by atoms with van der Waals surface area (Å²) in [5.41, 5.74) is 1.51. The third kappa shape index (κ3) is 2.88. The molecular weight excluding hydrogens is 282 g/mol. The molecule has 2 fully saturated rings. The van der Waals surface area contributed by atoms with Crippen LogP contribution in [0, 0.1) is 5.41 Å². The average molecular weight is 307 g/mol. The first kappa shape index (κ1) is 15.4. The first-order valence-electron chi connectivity index (χ1n) is 7.79. The Morgan fingerprint density at radius 2 is 1.77 bits per heavy atom. The zero-order valence-electron chi connectivity index (χ0n) is 13.7. The Balaban J connectivity index is 1.77. The van der Waals surface area contributed by atoms with Crippen molar-refractivity contribution in [3.05, 3.63) is 17.7 Å². The van der Waals surface area contributed by atoms with E-state index < -0.39 is 0 Å². The number of ether oxygens (including phenoxy) is 4. The smallest absolute Gasteiger partial charge is 0.164 e. The van der Waals surface area contributed by atoms with Crippen LogP contribution < -0.4 is 14.2 Å². The molecule has 22 heavy (non-hydrogen) atoms. The molecule has 0 amide bonds. The van der Waals surface area contributed by atoms with Crippen LogP contribution in [-0.2, 0) is 11.3 Å². The molecule has 0 aromatic heterocycles. The van der Waals surface area contributed by atoms with Crippen molar-refractivity contribution in [3.8, 4) is 17.2 Å². The van der Waals surface area contributed by atoms with Gasteiger partial charge in [0.25, 0.3) is 0 Å². The second-order valence-corrected chi connectivity index (χ2v) is 6.28. The van der Waals surface area contributed by atoms with Crippen molar-refractivity contribution in [2.24, 2.45) is 5.41 Å². The van der Waals surface area contributed by atoms with E-state index in [9.17, 15) is 0 Å². The van der Waals surface area contributed by atoms with E-state index in [0.717, 1.165) is 49.9 Å². The summed E-state index contributed by atoms with van der Waals surface area (Å²) >= 11 is 0. The quantitative estimate of drug-likeness (QED) is 0.835. The summed E-state index contributed by atoms with van der Waals surface area (Å²) in [7, 11) is 5.00. The lowest BCUT2D eigenvalue weighted by atomic mass is 9.87. The number of hydrogen-bond acceptors (Lipinski definition) is 5. The molecule has 0 radical (unpaired) electrons. The van der Waals surface area contributed by atoms with Gasteiger partial charge in [0, 0.05) is 36.7 Å². The van der Waals surface area contributed by atoms with Gasteiger partial charge in [-0.15, -0.1) is 0 Å². The van der Waals surface area contributed by atoms with Gasteiger partial charge in [0.2, 0.25) is 0 Å². The lowest BCUT2D eigenvalue weighted by Gasteiger charge is -2.23. The summed E-state index contributed by atoms with van der Waals surface area (Å²) in [6.07, 6.45) is 2.41.